The Morgan fingerprint density at radius 3 is 1.28 bits per heavy atom. The van der Waals surface area contributed by atoms with Crippen LogP contribution in [0.2, 0.25) is 0 Å². The number of hydrogen-bond donors (Lipinski definition) is 2. The third-order valence-electron chi connectivity index (χ3n) is 2.85. The quantitative estimate of drug-likeness (QED) is 0.216. The molecule has 29 heavy (non-hydrogen) atoms. The largest absolute Gasteiger partial charge is 0.389 e. The van der Waals surface area contributed by atoms with E-state index in [4.69, 9.17) is 18.1 Å². The molecule has 0 radical (unpaired) electrons. The average Bonchev–Trinajstić information content (AvgIpc) is 2.65. The fourth-order valence-electron chi connectivity index (χ4n) is 1.78. The van der Waals surface area contributed by atoms with Gasteiger partial charge in [-0.3, -0.25) is 9.59 Å². The van der Waals surface area contributed by atoms with Gasteiger partial charge in [0.05, 0.1) is 37.9 Å². The summed E-state index contributed by atoms with van der Waals surface area (Å²) in [5.41, 5.74) is 0. The van der Waals surface area contributed by atoms with E-state index in [1.54, 1.807) is 27.7 Å². The Morgan fingerprint density at radius 2 is 1.00 bits per heavy atom. The molecule has 0 aliphatic carbocycles. The Labute approximate surface area is 180 Å². The first-order valence-electron chi connectivity index (χ1n) is 9.34. The van der Waals surface area contributed by atoms with Gasteiger partial charge in [-0.15, -0.1) is 0 Å². The first-order valence-corrected chi connectivity index (χ1v) is 15.6. The lowest BCUT2D eigenvalue weighted by molar-refractivity contribution is -0.118. The Balaban J connectivity index is 4.00. The van der Waals surface area contributed by atoms with E-state index in [2.05, 4.69) is 10.6 Å². The Hall–Kier alpha value is -0.0600. The molecule has 0 aromatic rings. The van der Waals surface area contributed by atoms with Crippen molar-refractivity contribution in [2.24, 2.45) is 0 Å². The van der Waals surface area contributed by atoms with Crippen LogP contribution in [0.4, 0.5) is 0 Å². The Kier molecular flexibility index (Phi) is 16.6. The molecule has 0 saturated carbocycles. The average molecular weight is 495 g/mol. The third kappa shape index (κ3) is 14.6. The summed E-state index contributed by atoms with van der Waals surface area (Å²) in [6.45, 7) is 1.79. The van der Waals surface area contributed by atoms with Crippen LogP contribution in [0.1, 0.15) is 34.1 Å². The highest BCUT2D eigenvalue weighted by Crippen LogP contribution is 2.60. The van der Waals surface area contributed by atoms with Crippen molar-refractivity contribution in [1.29, 1.82) is 0 Å². The normalized spacial score (nSPS) is 12.0. The summed E-state index contributed by atoms with van der Waals surface area (Å²) < 4.78 is 44.9. The van der Waals surface area contributed by atoms with Crippen molar-refractivity contribution < 1.29 is 36.8 Å². The summed E-state index contributed by atoms with van der Waals surface area (Å²) in [6.07, 6.45) is 0.510. The van der Waals surface area contributed by atoms with Gasteiger partial charge in [0.2, 0.25) is 11.8 Å². The van der Waals surface area contributed by atoms with Crippen LogP contribution in [0.15, 0.2) is 0 Å². The zero-order valence-electron chi connectivity index (χ0n) is 17.3. The molecule has 172 valence electrons. The van der Waals surface area contributed by atoms with Crippen LogP contribution in [0.5, 0.6) is 0 Å². The molecule has 2 amide bonds. The summed E-state index contributed by atoms with van der Waals surface area (Å²) in [6, 6.07) is 0. The van der Waals surface area contributed by atoms with Crippen LogP contribution < -0.4 is 10.6 Å². The molecule has 0 aliphatic heterocycles. The molecule has 0 spiro atoms. The van der Waals surface area contributed by atoms with Crippen LogP contribution in [0.3, 0.4) is 0 Å². The molecule has 14 heteroatoms. The van der Waals surface area contributed by atoms with E-state index in [1.165, 1.54) is 0 Å². The van der Waals surface area contributed by atoms with Gasteiger partial charge in [-0.05, 0) is 56.9 Å². The van der Waals surface area contributed by atoms with E-state index in [0.29, 0.717) is 19.5 Å². The lowest BCUT2D eigenvalue weighted by Crippen LogP contribution is -2.31. The molecule has 0 saturated heterocycles. The predicted octanol–water partition coefficient (Wildman–Crippen LogP) is 3.44. The van der Waals surface area contributed by atoms with Gasteiger partial charge in [-0.2, -0.15) is 0 Å². The fourth-order valence-corrected chi connectivity index (χ4v) is 8.06. The summed E-state index contributed by atoms with van der Waals surface area (Å²) in [4.78, 5) is 23.6. The number of carbonyl (C=O) groups is 2. The Bertz CT molecular complexity index is 515. The minimum Gasteiger partial charge on any atom is -0.355 e. The number of rotatable bonds is 18. The zero-order chi connectivity index (χ0) is 22.2. The lowest BCUT2D eigenvalue weighted by Gasteiger charge is -2.16. The first kappa shape index (κ1) is 28.9. The van der Waals surface area contributed by atoms with E-state index in [0.717, 1.165) is 22.8 Å². The van der Waals surface area contributed by atoms with Crippen LogP contribution in [-0.4, -0.2) is 62.8 Å². The van der Waals surface area contributed by atoms with Gasteiger partial charge in [-0.25, -0.2) is 9.13 Å². The maximum Gasteiger partial charge on any atom is 0.389 e. The van der Waals surface area contributed by atoms with Crippen molar-refractivity contribution in [2.75, 3.05) is 51.0 Å². The van der Waals surface area contributed by atoms with E-state index < -0.39 is 13.6 Å². The molecule has 0 bridgehead atoms. The topological polar surface area (TPSA) is 129 Å². The van der Waals surface area contributed by atoms with Crippen molar-refractivity contribution in [2.45, 2.75) is 34.1 Å². The van der Waals surface area contributed by atoms with Crippen molar-refractivity contribution >= 4 is 48.2 Å². The number of carbonyl (C=O) groups excluding carboxylic acids is 2. The predicted molar refractivity (Wildman–Crippen MR) is 117 cm³/mol. The van der Waals surface area contributed by atoms with Crippen molar-refractivity contribution in [3.8, 4) is 0 Å². The molecule has 2 N–H and O–H groups in total. The molecular weight excluding hydrogens is 462 g/mol. The second-order valence-corrected chi connectivity index (χ2v) is 13.3. The lowest BCUT2D eigenvalue weighted by atomic mass is 10.4. The third-order valence-corrected chi connectivity index (χ3v) is 10.5. The summed E-state index contributed by atoms with van der Waals surface area (Å²) in [7, 11) is 0. The summed E-state index contributed by atoms with van der Waals surface area (Å²) in [5, 5.41) is 5.34. The molecule has 0 atom stereocenters. The van der Waals surface area contributed by atoms with Crippen LogP contribution in [0, 0.1) is 0 Å². The van der Waals surface area contributed by atoms with E-state index in [9.17, 15) is 18.7 Å². The highest BCUT2D eigenvalue weighted by Gasteiger charge is 2.26. The van der Waals surface area contributed by atoms with Gasteiger partial charge >= 0.3 is 13.6 Å². The highest BCUT2D eigenvalue weighted by molar-refractivity contribution is 8.55. The standard InChI is InChI=1S/C15H32N2O8P2S2/c1-5-22-26(20,23-6-2)28-12-14(18)16-10-9-11-17-15(19)13-29-27(21,24-7-3)25-8-4/h5-13H2,1-4H3,(H,16,18)(H,17,19). The van der Waals surface area contributed by atoms with E-state index in [1.807, 2.05) is 0 Å². The highest BCUT2D eigenvalue weighted by atomic mass is 32.7. The molecule has 0 unspecified atom stereocenters. The molecular formula is C15H32N2O8P2S2. The van der Waals surface area contributed by atoms with Crippen LogP contribution >= 0.6 is 36.4 Å². The van der Waals surface area contributed by atoms with Gasteiger partial charge in [0, 0.05) is 13.1 Å². The molecule has 0 rings (SSSR count). The second-order valence-electron chi connectivity index (χ2n) is 5.17. The molecule has 10 nitrogen and oxygen atoms in total. The van der Waals surface area contributed by atoms with Gasteiger partial charge in [0.15, 0.2) is 0 Å². The molecule has 0 fully saturated rings. The fraction of sp³-hybridized carbons (Fsp3) is 0.867. The van der Waals surface area contributed by atoms with Gasteiger partial charge in [0.25, 0.3) is 0 Å². The maximum atomic E-state index is 12.2. The van der Waals surface area contributed by atoms with Crippen LogP contribution in [0.25, 0.3) is 0 Å². The molecule has 0 aromatic heterocycles. The van der Waals surface area contributed by atoms with Gasteiger partial charge in [0.1, 0.15) is 0 Å². The van der Waals surface area contributed by atoms with Crippen molar-refractivity contribution in [3.63, 3.8) is 0 Å². The number of nitrogens with one attached hydrogen (secondary N) is 2. The van der Waals surface area contributed by atoms with Crippen molar-refractivity contribution in [3.05, 3.63) is 0 Å². The first-order chi connectivity index (χ1) is 13.7. The second kappa shape index (κ2) is 16.6. The van der Waals surface area contributed by atoms with E-state index in [-0.39, 0.29) is 49.7 Å². The van der Waals surface area contributed by atoms with Gasteiger partial charge < -0.3 is 28.7 Å². The summed E-state index contributed by atoms with van der Waals surface area (Å²) in [5.74, 6) is -0.703. The molecule has 0 aromatic carbocycles. The minimum absolute atomic E-state index is 0.0512. The monoisotopic (exact) mass is 494 g/mol. The minimum atomic E-state index is -3.31. The summed E-state index contributed by atoms with van der Waals surface area (Å²) >= 11 is 1.69. The molecule has 0 heterocycles. The smallest absolute Gasteiger partial charge is 0.355 e. The maximum absolute atomic E-state index is 12.2. The molecule has 0 aliphatic rings. The number of hydrogen-bond acceptors (Lipinski definition) is 10. The van der Waals surface area contributed by atoms with Crippen molar-refractivity contribution in [1.82, 2.24) is 10.6 Å². The van der Waals surface area contributed by atoms with Gasteiger partial charge in [-0.1, -0.05) is 0 Å². The number of amides is 2. The SMILES string of the molecule is CCOP(=O)(OCC)SCC(=O)NCCCNC(=O)CSP(=O)(OCC)OCC. The zero-order valence-corrected chi connectivity index (χ0v) is 20.8. The van der Waals surface area contributed by atoms with E-state index >= 15 is 0 Å². The Morgan fingerprint density at radius 1 is 0.690 bits per heavy atom. The van der Waals surface area contributed by atoms with Crippen LogP contribution in [-0.2, 0) is 36.8 Å².